The van der Waals surface area contributed by atoms with Gasteiger partial charge in [0.25, 0.3) is 5.91 Å². The van der Waals surface area contributed by atoms with Crippen LogP contribution in [-0.2, 0) is 9.59 Å². The highest BCUT2D eigenvalue weighted by Crippen LogP contribution is 2.17. The van der Waals surface area contributed by atoms with Gasteiger partial charge in [0.2, 0.25) is 5.91 Å². The van der Waals surface area contributed by atoms with E-state index in [1.165, 1.54) is 0 Å². The first-order valence-corrected chi connectivity index (χ1v) is 5.81. The van der Waals surface area contributed by atoms with Crippen molar-refractivity contribution in [1.82, 2.24) is 15.5 Å². The normalized spacial score (nSPS) is 15.8. The molecule has 1 aliphatic rings. The maximum absolute atomic E-state index is 11.6. The van der Waals surface area contributed by atoms with Gasteiger partial charge in [0, 0.05) is 13.2 Å². The van der Waals surface area contributed by atoms with Gasteiger partial charge in [0.15, 0.2) is 0 Å². The molecule has 7 heteroatoms. The molecule has 0 aromatic heterocycles. The summed E-state index contributed by atoms with van der Waals surface area (Å²) < 4.78 is 0. The van der Waals surface area contributed by atoms with Gasteiger partial charge in [-0.25, -0.2) is 4.79 Å². The van der Waals surface area contributed by atoms with Crippen molar-refractivity contribution in [2.45, 2.75) is 20.3 Å². The fourth-order valence-corrected chi connectivity index (χ4v) is 1.54. The zero-order valence-electron chi connectivity index (χ0n) is 10.7. The molecule has 18 heavy (non-hydrogen) atoms. The Kier molecular flexibility index (Phi) is 4.66. The van der Waals surface area contributed by atoms with Crippen molar-refractivity contribution in [1.29, 1.82) is 0 Å². The molecule has 3 N–H and O–H groups in total. The number of rotatable bonds is 6. The monoisotopic (exact) mass is 257 g/mol. The van der Waals surface area contributed by atoms with E-state index in [4.69, 9.17) is 5.11 Å². The minimum atomic E-state index is -0.537. The van der Waals surface area contributed by atoms with E-state index in [-0.39, 0.29) is 31.0 Å². The standard InChI is InChI=1S/C11H19N3O4/c1-11(2,3-4-15)7-13-8(16)6-14-9(17)5-12-10(14)18/h15H,3-7H2,1-2H3,(H,12,18)(H,13,16). The van der Waals surface area contributed by atoms with Gasteiger partial charge in [0.1, 0.15) is 6.54 Å². The SMILES string of the molecule is CC(C)(CCO)CNC(=O)CN1C(=O)CNC1=O. The predicted octanol–water partition coefficient (Wildman–Crippen LogP) is -0.937. The molecule has 7 nitrogen and oxygen atoms in total. The van der Waals surface area contributed by atoms with Crippen LogP contribution >= 0.6 is 0 Å². The van der Waals surface area contributed by atoms with E-state index in [2.05, 4.69) is 10.6 Å². The summed E-state index contributed by atoms with van der Waals surface area (Å²) in [5, 5.41) is 13.8. The molecule has 0 spiro atoms. The number of urea groups is 1. The predicted molar refractivity (Wildman–Crippen MR) is 63.6 cm³/mol. The van der Waals surface area contributed by atoms with E-state index in [0.717, 1.165) is 4.90 Å². The largest absolute Gasteiger partial charge is 0.396 e. The molecule has 0 aromatic carbocycles. The van der Waals surface area contributed by atoms with Gasteiger partial charge < -0.3 is 15.7 Å². The van der Waals surface area contributed by atoms with E-state index in [1.54, 1.807) is 0 Å². The first-order chi connectivity index (χ1) is 8.35. The van der Waals surface area contributed by atoms with E-state index in [0.29, 0.717) is 13.0 Å². The Morgan fingerprint density at radius 1 is 1.50 bits per heavy atom. The molecule has 0 atom stereocenters. The number of aliphatic hydroxyl groups excluding tert-OH is 1. The maximum Gasteiger partial charge on any atom is 0.325 e. The third kappa shape index (κ3) is 3.99. The summed E-state index contributed by atoms with van der Waals surface area (Å²) in [5.74, 6) is -0.781. The van der Waals surface area contributed by atoms with Crippen molar-refractivity contribution in [3.05, 3.63) is 0 Å². The van der Waals surface area contributed by atoms with Crippen LogP contribution in [-0.4, -0.2) is 54.1 Å². The highest BCUT2D eigenvalue weighted by atomic mass is 16.3. The van der Waals surface area contributed by atoms with Gasteiger partial charge >= 0.3 is 6.03 Å². The molecular formula is C11H19N3O4. The smallest absolute Gasteiger partial charge is 0.325 e. The summed E-state index contributed by atoms with van der Waals surface area (Å²) in [6, 6.07) is -0.537. The van der Waals surface area contributed by atoms with Gasteiger partial charge in [-0.2, -0.15) is 0 Å². The highest BCUT2D eigenvalue weighted by Gasteiger charge is 2.30. The van der Waals surface area contributed by atoms with Crippen molar-refractivity contribution < 1.29 is 19.5 Å². The van der Waals surface area contributed by atoms with Crippen LogP contribution in [0.5, 0.6) is 0 Å². The molecule has 0 radical (unpaired) electrons. The van der Waals surface area contributed by atoms with E-state index >= 15 is 0 Å². The average Bonchev–Trinajstić information content (AvgIpc) is 2.58. The van der Waals surface area contributed by atoms with Crippen LogP contribution in [0.2, 0.25) is 0 Å². The first kappa shape index (κ1) is 14.4. The summed E-state index contributed by atoms with van der Waals surface area (Å²) in [6.45, 7) is 3.95. The molecule has 102 valence electrons. The van der Waals surface area contributed by atoms with Crippen LogP contribution in [0.15, 0.2) is 0 Å². The minimum Gasteiger partial charge on any atom is -0.396 e. The van der Waals surface area contributed by atoms with Gasteiger partial charge in [-0.3, -0.25) is 14.5 Å². The number of carbonyl (C=O) groups is 3. The van der Waals surface area contributed by atoms with E-state index < -0.39 is 11.9 Å². The van der Waals surface area contributed by atoms with E-state index in [1.807, 2.05) is 13.8 Å². The summed E-state index contributed by atoms with van der Waals surface area (Å²) in [6.07, 6.45) is 0.566. The fourth-order valence-electron chi connectivity index (χ4n) is 1.54. The number of amides is 4. The Labute approximate surface area is 106 Å². The average molecular weight is 257 g/mol. The topological polar surface area (TPSA) is 98.7 Å². The van der Waals surface area contributed by atoms with Crippen LogP contribution in [0.25, 0.3) is 0 Å². The second-order valence-corrected chi connectivity index (χ2v) is 5.05. The molecule has 0 bridgehead atoms. The molecule has 1 rings (SSSR count). The van der Waals surface area contributed by atoms with Crippen LogP contribution in [0.1, 0.15) is 20.3 Å². The van der Waals surface area contributed by atoms with Crippen molar-refractivity contribution in [2.75, 3.05) is 26.2 Å². The Balaban J connectivity index is 2.38. The number of nitrogens with zero attached hydrogens (tertiary/aromatic N) is 1. The quantitative estimate of drug-likeness (QED) is 0.535. The number of nitrogens with one attached hydrogen (secondary N) is 2. The minimum absolute atomic E-state index is 0.0515. The Morgan fingerprint density at radius 2 is 2.17 bits per heavy atom. The van der Waals surface area contributed by atoms with Crippen molar-refractivity contribution in [2.24, 2.45) is 5.41 Å². The summed E-state index contributed by atoms with van der Waals surface area (Å²) in [7, 11) is 0. The van der Waals surface area contributed by atoms with Crippen molar-refractivity contribution in [3.63, 3.8) is 0 Å². The molecule has 1 heterocycles. The van der Waals surface area contributed by atoms with Gasteiger partial charge in [0.05, 0.1) is 6.54 Å². The third-order valence-corrected chi connectivity index (χ3v) is 2.79. The van der Waals surface area contributed by atoms with Crippen LogP contribution in [0.4, 0.5) is 4.79 Å². The van der Waals surface area contributed by atoms with Crippen LogP contribution in [0.3, 0.4) is 0 Å². The van der Waals surface area contributed by atoms with Crippen LogP contribution in [0, 0.1) is 5.41 Å². The molecule has 0 saturated carbocycles. The lowest BCUT2D eigenvalue weighted by Gasteiger charge is -2.24. The molecule has 0 aliphatic carbocycles. The molecular weight excluding hydrogens is 238 g/mol. The Morgan fingerprint density at radius 3 is 2.67 bits per heavy atom. The lowest BCUT2D eigenvalue weighted by atomic mass is 9.90. The maximum atomic E-state index is 11.6. The summed E-state index contributed by atoms with van der Waals surface area (Å²) in [4.78, 5) is 34.9. The molecule has 0 aromatic rings. The lowest BCUT2D eigenvalue weighted by Crippen LogP contribution is -2.43. The molecule has 1 fully saturated rings. The van der Waals surface area contributed by atoms with E-state index in [9.17, 15) is 14.4 Å². The number of imide groups is 1. The summed E-state index contributed by atoms with van der Waals surface area (Å²) >= 11 is 0. The number of hydrogen-bond acceptors (Lipinski definition) is 4. The van der Waals surface area contributed by atoms with Crippen LogP contribution < -0.4 is 10.6 Å². The Bertz CT molecular complexity index is 338. The first-order valence-electron chi connectivity index (χ1n) is 5.81. The Hall–Kier alpha value is -1.63. The van der Waals surface area contributed by atoms with Gasteiger partial charge in [-0.15, -0.1) is 0 Å². The number of hydrogen-bond donors (Lipinski definition) is 3. The third-order valence-electron chi connectivity index (χ3n) is 2.79. The molecule has 1 saturated heterocycles. The van der Waals surface area contributed by atoms with Gasteiger partial charge in [-0.1, -0.05) is 13.8 Å². The fraction of sp³-hybridized carbons (Fsp3) is 0.727. The zero-order valence-corrected chi connectivity index (χ0v) is 10.7. The molecule has 1 aliphatic heterocycles. The zero-order chi connectivity index (χ0) is 13.8. The second kappa shape index (κ2) is 5.81. The lowest BCUT2D eigenvalue weighted by molar-refractivity contribution is -0.130. The second-order valence-electron chi connectivity index (χ2n) is 5.05. The molecule has 0 unspecified atom stereocenters. The summed E-state index contributed by atoms with van der Waals surface area (Å²) in [5.41, 5.74) is -0.221. The van der Waals surface area contributed by atoms with Crippen molar-refractivity contribution in [3.8, 4) is 0 Å². The van der Waals surface area contributed by atoms with Gasteiger partial charge in [-0.05, 0) is 11.8 Å². The van der Waals surface area contributed by atoms with Crippen molar-refractivity contribution >= 4 is 17.8 Å². The molecule has 4 amide bonds. The highest BCUT2D eigenvalue weighted by molar-refractivity contribution is 6.04. The number of aliphatic hydroxyl groups is 1. The number of carbonyl (C=O) groups excluding carboxylic acids is 3.